The van der Waals surface area contributed by atoms with E-state index >= 15 is 0 Å². The van der Waals surface area contributed by atoms with Gasteiger partial charge in [0.25, 0.3) is 0 Å². The number of benzene rings is 2. The van der Waals surface area contributed by atoms with Gasteiger partial charge in [0, 0.05) is 38.4 Å². The first-order valence-electron chi connectivity index (χ1n) is 12.2. The van der Waals surface area contributed by atoms with Crippen molar-refractivity contribution in [2.45, 2.75) is 85.0 Å². The number of rotatable bonds is 9. The maximum Gasteiger partial charge on any atom is 0.345 e. The first kappa shape index (κ1) is 25.4. The minimum atomic E-state index is -1.01. The molecule has 0 saturated carbocycles. The molecule has 0 aromatic heterocycles. The highest BCUT2D eigenvalue weighted by molar-refractivity contribution is 5.97. The summed E-state index contributed by atoms with van der Waals surface area (Å²) in [6, 6.07) is 13.1. The molecule has 1 aliphatic rings. The second-order valence-electron chi connectivity index (χ2n) is 9.19. The van der Waals surface area contributed by atoms with Crippen molar-refractivity contribution in [2.75, 3.05) is 4.90 Å². The molecule has 0 spiro atoms. The number of hydrogen-bond donors (Lipinski definition) is 0. The van der Waals surface area contributed by atoms with E-state index in [1.54, 1.807) is 36.9 Å². The molecule has 34 heavy (non-hydrogen) atoms. The fraction of sp³-hybridized carbons (Fsp3) is 0.448. The summed E-state index contributed by atoms with van der Waals surface area (Å²) in [5, 5.41) is 0. The van der Waals surface area contributed by atoms with Crippen LogP contribution in [0.5, 0.6) is 5.75 Å². The highest BCUT2D eigenvalue weighted by Crippen LogP contribution is 2.34. The molecule has 1 heterocycles. The van der Waals surface area contributed by atoms with Crippen molar-refractivity contribution in [2.24, 2.45) is 0 Å². The van der Waals surface area contributed by atoms with Gasteiger partial charge in [0.1, 0.15) is 11.3 Å². The van der Waals surface area contributed by atoms with Gasteiger partial charge >= 0.3 is 5.97 Å². The molecular weight excluding hydrogens is 426 g/mol. The summed E-state index contributed by atoms with van der Waals surface area (Å²) in [4.78, 5) is 26.5. The molecule has 1 amide bonds. The van der Waals surface area contributed by atoms with Crippen LogP contribution in [0.15, 0.2) is 42.5 Å². The Balaban J connectivity index is 1.62. The number of unbranched alkanes of at least 4 members (excludes halogenated alkanes) is 6. The minimum Gasteiger partial charge on any atom is -0.452 e. The summed E-state index contributed by atoms with van der Waals surface area (Å²) in [5.41, 5.74) is 2.89. The molecule has 0 atom stereocenters. The summed E-state index contributed by atoms with van der Waals surface area (Å²) in [6.07, 6.45) is 8.55. The van der Waals surface area contributed by atoms with Crippen molar-refractivity contribution in [1.29, 1.82) is 0 Å². The Morgan fingerprint density at radius 2 is 1.68 bits per heavy atom. The molecular formula is C29H35NO4. The average Bonchev–Trinajstić information content (AvgIpc) is 2.79. The second-order valence-corrected chi connectivity index (χ2v) is 9.19. The zero-order valence-electron chi connectivity index (χ0n) is 20.8. The lowest BCUT2D eigenvalue weighted by Gasteiger charge is -2.32. The largest absolute Gasteiger partial charge is 0.452 e. The molecule has 180 valence electrons. The van der Waals surface area contributed by atoms with Crippen molar-refractivity contribution in [3.05, 3.63) is 59.2 Å². The molecule has 0 saturated heterocycles. The van der Waals surface area contributed by atoms with E-state index in [0.29, 0.717) is 23.5 Å². The number of carbonyl (C=O) groups excluding carboxylic acids is 2. The molecule has 0 N–H and O–H groups in total. The normalized spacial score (nSPS) is 13.7. The number of esters is 1. The van der Waals surface area contributed by atoms with Crippen LogP contribution < -0.4 is 9.64 Å². The highest BCUT2D eigenvalue weighted by atomic mass is 16.7. The van der Waals surface area contributed by atoms with Crippen LogP contribution in [0.2, 0.25) is 0 Å². The van der Waals surface area contributed by atoms with Crippen LogP contribution in [0.1, 0.15) is 94.1 Å². The van der Waals surface area contributed by atoms with Crippen LogP contribution in [0, 0.1) is 11.8 Å². The highest BCUT2D eigenvalue weighted by Gasteiger charge is 2.34. The molecule has 3 rings (SSSR count). The van der Waals surface area contributed by atoms with Gasteiger partial charge in [-0.1, -0.05) is 63.0 Å². The maximum absolute atomic E-state index is 12.4. The summed E-state index contributed by atoms with van der Waals surface area (Å²) in [7, 11) is 0. The Labute approximate surface area is 203 Å². The van der Waals surface area contributed by atoms with Crippen LogP contribution >= 0.6 is 0 Å². The van der Waals surface area contributed by atoms with Crippen molar-refractivity contribution in [3.63, 3.8) is 0 Å². The molecule has 2 aromatic rings. The monoisotopic (exact) mass is 461 g/mol. The Morgan fingerprint density at radius 3 is 2.38 bits per heavy atom. The second kappa shape index (κ2) is 11.7. The average molecular weight is 462 g/mol. The third kappa shape index (κ3) is 7.12. The van der Waals surface area contributed by atoms with Gasteiger partial charge in [-0.25, -0.2) is 4.79 Å². The standard InChI is InChI=1S/C29H35NO4/c1-5-6-7-8-9-10-11-12-13-23-14-16-24(17-15-23)21-30(22(2)31)25-18-19-27-26(20-25)28(32)34-29(3,4)33-27/h14-20H,5-11,21H2,1-4H3. The molecule has 5 heteroatoms. The molecule has 0 bridgehead atoms. The fourth-order valence-electron chi connectivity index (χ4n) is 3.92. The van der Waals surface area contributed by atoms with E-state index in [9.17, 15) is 9.59 Å². The van der Waals surface area contributed by atoms with E-state index in [4.69, 9.17) is 9.47 Å². The first-order chi connectivity index (χ1) is 16.3. The third-order valence-electron chi connectivity index (χ3n) is 5.75. The molecule has 0 fully saturated rings. The van der Waals surface area contributed by atoms with Crippen molar-refractivity contribution >= 4 is 17.6 Å². The summed E-state index contributed by atoms with van der Waals surface area (Å²) in [5.74, 6) is 5.37. The van der Waals surface area contributed by atoms with E-state index in [0.717, 1.165) is 24.0 Å². The Morgan fingerprint density at radius 1 is 0.971 bits per heavy atom. The zero-order valence-corrected chi connectivity index (χ0v) is 20.8. The summed E-state index contributed by atoms with van der Waals surface area (Å²) >= 11 is 0. The number of nitrogens with zero attached hydrogens (tertiary/aromatic N) is 1. The third-order valence-corrected chi connectivity index (χ3v) is 5.75. The van der Waals surface area contributed by atoms with E-state index in [-0.39, 0.29) is 5.91 Å². The van der Waals surface area contributed by atoms with Crippen LogP contribution in [0.25, 0.3) is 0 Å². The van der Waals surface area contributed by atoms with Crippen LogP contribution in [0.4, 0.5) is 5.69 Å². The number of carbonyl (C=O) groups is 2. The quantitative estimate of drug-likeness (QED) is 0.239. The minimum absolute atomic E-state index is 0.117. The molecule has 5 nitrogen and oxygen atoms in total. The summed E-state index contributed by atoms with van der Waals surface area (Å²) < 4.78 is 11.0. The van der Waals surface area contributed by atoms with E-state index in [1.807, 2.05) is 24.3 Å². The van der Waals surface area contributed by atoms with Gasteiger partial charge in [0.2, 0.25) is 11.7 Å². The Hall–Kier alpha value is -3.26. The van der Waals surface area contributed by atoms with Crippen molar-refractivity contribution in [3.8, 4) is 17.6 Å². The van der Waals surface area contributed by atoms with Gasteiger partial charge in [-0.3, -0.25) is 4.79 Å². The van der Waals surface area contributed by atoms with Crippen LogP contribution in [0.3, 0.4) is 0 Å². The number of amides is 1. The fourth-order valence-corrected chi connectivity index (χ4v) is 3.92. The number of anilines is 1. The van der Waals surface area contributed by atoms with Gasteiger partial charge in [-0.05, 0) is 42.3 Å². The van der Waals surface area contributed by atoms with E-state index < -0.39 is 11.8 Å². The predicted molar refractivity (Wildman–Crippen MR) is 135 cm³/mol. The molecule has 0 radical (unpaired) electrons. The van der Waals surface area contributed by atoms with Gasteiger partial charge in [0.15, 0.2) is 0 Å². The Kier molecular flexibility index (Phi) is 8.76. The number of ether oxygens (including phenoxy) is 2. The topological polar surface area (TPSA) is 55.8 Å². The zero-order chi connectivity index (χ0) is 24.6. The summed E-state index contributed by atoms with van der Waals surface area (Å²) in [6.45, 7) is 7.51. The van der Waals surface area contributed by atoms with E-state index in [2.05, 4.69) is 18.8 Å². The lowest BCUT2D eigenvalue weighted by atomic mass is 10.1. The lowest BCUT2D eigenvalue weighted by Crippen LogP contribution is -2.39. The van der Waals surface area contributed by atoms with Crippen molar-refractivity contribution in [1.82, 2.24) is 0 Å². The van der Waals surface area contributed by atoms with Gasteiger partial charge in [-0.15, -0.1) is 0 Å². The van der Waals surface area contributed by atoms with E-state index in [1.165, 1.54) is 39.0 Å². The Bertz CT molecular complexity index is 1060. The number of cyclic esters (lactones) is 1. The lowest BCUT2D eigenvalue weighted by molar-refractivity contribution is -0.127. The van der Waals surface area contributed by atoms with Gasteiger partial charge in [-0.2, -0.15) is 0 Å². The van der Waals surface area contributed by atoms with Gasteiger partial charge in [0.05, 0.1) is 6.54 Å². The molecule has 1 aliphatic heterocycles. The van der Waals surface area contributed by atoms with Crippen molar-refractivity contribution < 1.29 is 19.1 Å². The predicted octanol–water partition coefficient (Wildman–Crippen LogP) is 6.63. The number of fused-ring (bicyclic) bond motifs is 1. The van der Waals surface area contributed by atoms with Crippen LogP contribution in [-0.4, -0.2) is 17.7 Å². The maximum atomic E-state index is 12.4. The molecule has 0 unspecified atom stereocenters. The molecule has 0 aliphatic carbocycles. The smallest absolute Gasteiger partial charge is 0.345 e. The van der Waals surface area contributed by atoms with Gasteiger partial charge < -0.3 is 14.4 Å². The molecule has 2 aromatic carbocycles. The SMILES string of the molecule is CCCCCCCCC#Cc1ccc(CN(C(C)=O)c2ccc3c(c2)C(=O)OC(C)(C)O3)cc1. The number of hydrogen-bond acceptors (Lipinski definition) is 4. The van der Waals surface area contributed by atoms with Crippen LogP contribution in [-0.2, 0) is 16.1 Å². The first-order valence-corrected chi connectivity index (χ1v) is 12.2.